The molecule has 0 saturated heterocycles. The molecular formula is C21H17N3O3. The van der Waals surface area contributed by atoms with Crippen LogP contribution in [0.25, 0.3) is 22.2 Å². The van der Waals surface area contributed by atoms with Crippen LogP contribution in [0.2, 0.25) is 0 Å². The van der Waals surface area contributed by atoms with Crippen LogP contribution in [0.15, 0.2) is 77.6 Å². The number of nitrogens with zero attached hydrogens (tertiary/aromatic N) is 1. The van der Waals surface area contributed by atoms with Gasteiger partial charge in [-0.1, -0.05) is 11.2 Å². The quantitative estimate of drug-likeness (QED) is 0.387. The van der Waals surface area contributed by atoms with Gasteiger partial charge in [-0.15, -0.1) is 0 Å². The van der Waals surface area contributed by atoms with Gasteiger partial charge < -0.3 is 19.6 Å². The monoisotopic (exact) mass is 359 g/mol. The van der Waals surface area contributed by atoms with Gasteiger partial charge in [0.2, 0.25) is 11.5 Å². The molecule has 6 nitrogen and oxygen atoms in total. The van der Waals surface area contributed by atoms with Crippen LogP contribution in [-0.2, 0) is 0 Å². The standard InChI is InChI=1S/C21H17N3O3/c1-26-17-6-3-14(4-7-17)19-13-21(27-24-19)20(25)9-11-22-16-5-2-15-8-10-23-18(15)12-16/h2-13,22-23H,1H3/b11-9-. The van der Waals surface area contributed by atoms with Crippen LogP contribution in [-0.4, -0.2) is 23.0 Å². The number of anilines is 1. The van der Waals surface area contributed by atoms with E-state index in [-0.39, 0.29) is 11.5 Å². The predicted octanol–water partition coefficient (Wildman–Crippen LogP) is 4.64. The minimum atomic E-state index is -0.268. The van der Waals surface area contributed by atoms with Crippen LogP contribution < -0.4 is 10.1 Å². The molecule has 0 spiro atoms. The first kappa shape index (κ1) is 16.7. The first-order valence-corrected chi connectivity index (χ1v) is 8.38. The lowest BCUT2D eigenvalue weighted by Gasteiger charge is -2.00. The normalized spacial score (nSPS) is 11.1. The van der Waals surface area contributed by atoms with Crippen molar-refractivity contribution in [1.82, 2.24) is 10.1 Å². The fourth-order valence-electron chi connectivity index (χ4n) is 2.72. The fourth-order valence-corrected chi connectivity index (χ4v) is 2.72. The number of aromatic amines is 1. The number of fused-ring (bicyclic) bond motifs is 1. The van der Waals surface area contributed by atoms with Crippen LogP contribution in [0, 0.1) is 0 Å². The highest BCUT2D eigenvalue weighted by molar-refractivity contribution is 6.03. The van der Waals surface area contributed by atoms with Crippen molar-refractivity contribution in [3.05, 3.63) is 78.8 Å². The zero-order valence-corrected chi connectivity index (χ0v) is 14.6. The van der Waals surface area contributed by atoms with Crippen LogP contribution in [0.1, 0.15) is 10.6 Å². The SMILES string of the molecule is COc1ccc(-c2cc(C(=O)/C=C\Nc3ccc4cc[nH]c4c3)on2)cc1. The summed E-state index contributed by atoms with van der Waals surface area (Å²) in [5, 5.41) is 8.18. The van der Waals surface area contributed by atoms with E-state index in [1.165, 1.54) is 6.08 Å². The highest BCUT2D eigenvalue weighted by Gasteiger charge is 2.11. The highest BCUT2D eigenvalue weighted by atomic mass is 16.5. The number of carbonyl (C=O) groups is 1. The molecule has 6 heteroatoms. The van der Waals surface area contributed by atoms with E-state index in [0.29, 0.717) is 5.69 Å². The lowest BCUT2D eigenvalue weighted by Crippen LogP contribution is -1.94. The third-order valence-electron chi connectivity index (χ3n) is 4.18. The van der Waals surface area contributed by atoms with E-state index in [1.807, 2.05) is 54.7 Å². The van der Waals surface area contributed by atoms with Crippen LogP contribution in [0.3, 0.4) is 0 Å². The molecule has 2 N–H and O–H groups in total. The van der Waals surface area contributed by atoms with Gasteiger partial charge in [0, 0.05) is 41.3 Å². The van der Waals surface area contributed by atoms with E-state index in [0.717, 1.165) is 27.9 Å². The Bertz CT molecular complexity index is 1110. The Morgan fingerprint density at radius 1 is 1.15 bits per heavy atom. The van der Waals surface area contributed by atoms with Crippen molar-refractivity contribution in [2.24, 2.45) is 0 Å². The molecule has 0 aliphatic rings. The van der Waals surface area contributed by atoms with Gasteiger partial charge in [0.1, 0.15) is 11.4 Å². The maximum absolute atomic E-state index is 12.3. The summed E-state index contributed by atoms with van der Waals surface area (Å²) >= 11 is 0. The predicted molar refractivity (Wildman–Crippen MR) is 104 cm³/mol. The van der Waals surface area contributed by atoms with E-state index in [2.05, 4.69) is 15.5 Å². The van der Waals surface area contributed by atoms with Gasteiger partial charge >= 0.3 is 0 Å². The smallest absolute Gasteiger partial charge is 0.225 e. The number of aromatic nitrogens is 2. The Morgan fingerprint density at radius 2 is 2.00 bits per heavy atom. The van der Waals surface area contributed by atoms with Gasteiger partial charge in [-0.3, -0.25) is 4.79 Å². The summed E-state index contributed by atoms with van der Waals surface area (Å²) in [7, 11) is 1.61. The molecule has 0 saturated carbocycles. The lowest BCUT2D eigenvalue weighted by atomic mass is 10.1. The molecule has 2 aromatic heterocycles. The minimum Gasteiger partial charge on any atom is -0.497 e. The number of allylic oxidation sites excluding steroid dienone is 1. The van der Waals surface area contributed by atoms with Crippen molar-refractivity contribution >= 4 is 22.4 Å². The molecule has 0 fully saturated rings. The Labute approximate surface area is 155 Å². The molecule has 134 valence electrons. The molecule has 0 aliphatic heterocycles. The molecule has 0 unspecified atom stereocenters. The molecule has 0 aliphatic carbocycles. The number of nitrogens with one attached hydrogen (secondary N) is 2. The van der Waals surface area contributed by atoms with Gasteiger partial charge in [0.25, 0.3) is 0 Å². The Kier molecular flexibility index (Phi) is 4.45. The second kappa shape index (κ2) is 7.21. The fraction of sp³-hybridized carbons (Fsp3) is 0.0476. The summed E-state index contributed by atoms with van der Waals surface area (Å²) < 4.78 is 10.3. The van der Waals surface area contributed by atoms with E-state index in [1.54, 1.807) is 19.4 Å². The summed E-state index contributed by atoms with van der Waals surface area (Å²) in [5.74, 6) is 0.666. The molecule has 0 bridgehead atoms. The Balaban J connectivity index is 1.43. The van der Waals surface area contributed by atoms with Gasteiger partial charge in [0.15, 0.2) is 0 Å². The number of carbonyl (C=O) groups excluding carboxylic acids is 1. The summed E-state index contributed by atoms with van der Waals surface area (Å²) in [4.78, 5) is 15.4. The first-order chi connectivity index (χ1) is 13.2. The van der Waals surface area contributed by atoms with E-state index < -0.39 is 0 Å². The number of benzene rings is 2. The van der Waals surface area contributed by atoms with Gasteiger partial charge in [0.05, 0.1) is 7.11 Å². The largest absolute Gasteiger partial charge is 0.497 e. The van der Waals surface area contributed by atoms with E-state index in [9.17, 15) is 4.79 Å². The summed E-state index contributed by atoms with van der Waals surface area (Å²) in [5.41, 5.74) is 3.35. The molecule has 27 heavy (non-hydrogen) atoms. The number of H-pyrrole nitrogens is 1. The van der Waals surface area contributed by atoms with Crippen LogP contribution in [0.5, 0.6) is 5.75 Å². The molecule has 0 amide bonds. The zero-order valence-electron chi connectivity index (χ0n) is 14.6. The second-order valence-corrected chi connectivity index (χ2v) is 5.93. The molecule has 0 radical (unpaired) electrons. The Hall–Kier alpha value is -3.80. The first-order valence-electron chi connectivity index (χ1n) is 8.38. The number of ketones is 1. The van der Waals surface area contributed by atoms with Crippen molar-refractivity contribution in [2.45, 2.75) is 0 Å². The maximum atomic E-state index is 12.3. The molecule has 4 rings (SSSR count). The average molecular weight is 359 g/mol. The molecule has 4 aromatic rings. The number of ether oxygens (including phenoxy) is 1. The molecule has 2 heterocycles. The molecular weight excluding hydrogens is 342 g/mol. The molecule has 2 aromatic carbocycles. The third-order valence-corrected chi connectivity index (χ3v) is 4.18. The molecule has 0 atom stereocenters. The number of hydrogen-bond acceptors (Lipinski definition) is 5. The van der Waals surface area contributed by atoms with Gasteiger partial charge in [-0.05, 0) is 47.9 Å². The van der Waals surface area contributed by atoms with E-state index in [4.69, 9.17) is 9.26 Å². The van der Waals surface area contributed by atoms with Crippen LogP contribution >= 0.6 is 0 Å². The van der Waals surface area contributed by atoms with E-state index >= 15 is 0 Å². The summed E-state index contributed by atoms with van der Waals surface area (Å²) in [6.45, 7) is 0. The number of methoxy groups -OCH3 is 1. The van der Waals surface area contributed by atoms with Crippen molar-refractivity contribution in [2.75, 3.05) is 12.4 Å². The Morgan fingerprint density at radius 3 is 2.81 bits per heavy atom. The zero-order chi connectivity index (χ0) is 18.6. The second-order valence-electron chi connectivity index (χ2n) is 5.93. The topological polar surface area (TPSA) is 80.1 Å². The summed E-state index contributed by atoms with van der Waals surface area (Å²) in [6.07, 6.45) is 4.89. The number of hydrogen-bond donors (Lipinski definition) is 2. The highest BCUT2D eigenvalue weighted by Crippen LogP contribution is 2.22. The van der Waals surface area contributed by atoms with Crippen LogP contribution in [0.4, 0.5) is 5.69 Å². The average Bonchev–Trinajstić information content (AvgIpc) is 3.37. The van der Waals surface area contributed by atoms with Gasteiger partial charge in [-0.25, -0.2) is 0 Å². The summed E-state index contributed by atoms with van der Waals surface area (Å²) in [6, 6.07) is 16.9. The minimum absolute atomic E-state index is 0.179. The number of rotatable bonds is 6. The lowest BCUT2D eigenvalue weighted by molar-refractivity contribution is 0.101. The third kappa shape index (κ3) is 3.59. The van der Waals surface area contributed by atoms with Crippen molar-refractivity contribution in [3.63, 3.8) is 0 Å². The maximum Gasteiger partial charge on any atom is 0.225 e. The van der Waals surface area contributed by atoms with Gasteiger partial charge in [-0.2, -0.15) is 0 Å². The van der Waals surface area contributed by atoms with Crippen molar-refractivity contribution < 1.29 is 14.1 Å². The van der Waals surface area contributed by atoms with Crippen molar-refractivity contribution in [3.8, 4) is 17.0 Å². The van der Waals surface area contributed by atoms with Crippen molar-refractivity contribution in [1.29, 1.82) is 0 Å².